The molecule has 9 heteroatoms. The van der Waals surface area contributed by atoms with Crippen molar-refractivity contribution in [1.29, 1.82) is 0 Å². The van der Waals surface area contributed by atoms with Crippen LogP contribution in [-0.4, -0.2) is 25.6 Å². The minimum atomic E-state index is -0.419. The Morgan fingerprint density at radius 2 is 1.94 bits per heavy atom. The topological polar surface area (TPSA) is 103 Å². The highest BCUT2D eigenvalue weighted by molar-refractivity contribution is 7.98. The molecule has 184 valence electrons. The third-order valence-corrected chi connectivity index (χ3v) is 7.45. The second kappa shape index (κ2) is 11.5. The van der Waals surface area contributed by atoms with Gasteiger partial charge in [-0.3, -0.25) is 19.5 Å². The number of non-ortho nitro benzene ring substituents is 1. The van der Waals surface area contributed by atoms with Gasteiger partial charge in [0.2, 0.25) is 5.91 Å². The summed E-state index contributed by atoms with van der Waals surface area (Å²) in [5.74, 6) is 1.97. The van der Waals surface area contributed by atoms with Crippen molar-refractivity contribution in [2.45, 2.75) is 69.3 Å². The average Bonchev–Trinajstić information content (AvgIpc) is 3.51. The average molecular weight is 494 g/mol. The van der Waals surface area contributed by atoms with Crippen LogP contribution in [0.2, 0.25) is 0 Å². The standard InChI is InChI=1S/C26H31N5O3S/c1-18-6-5-9-21(16-18)17-35-26-29-28-25(30(26)22-11-13-23(14-12-22)31(33)34)19(2)27-24(32)15-10-20-7-3-4-8-20/h5-6,9,11-14,16,19-20H,3-4,7-8,10,15,17H2,1-2H3,(H,27,32). The Morgan fingerprint density at radius 1 is 1.20 bits per heavy atom. The van der Waals surface area contributed by atoms with Gasteiger partial charge in [0.1, 0.15) is 0 Å². The zero-order valence-corrected chi connectivity index (χ0v) is 21.0. The molecule has 3 aromatic rings. The molecule has 0 saturated heterocycles. The van der Waals surface area contributed by atoms with Crippen LogP contribution in [0.3, 0.4) is 0 Å². The number of hydrogen-bond acceptors (Lipinski definition) is 6. The number of hydrogen-bond donors (Lipinski definition) is 1. The largest absolute Gasteiger partial charge is 0.346 e. The van der Waals surface area contributed by atoms with Gasteiger partial charge < -0.3 is 5.32 Å². The Kier molecular flexibility index (Phi) is 8.17. The third kappa shape index (κ3) is 6.48. The maximum Gasteiger partial charge on any atom is 0.269 e. The van der Waals surface area contributed by atoms with Gasteiger partial charge in [0, 0.05) is 30.0 Å². The van der Waals surface area contributed by atoms with Crippen molar-refractivity contribution in [3.63, 3.8) is 0 Å². The molecule has 0 aliphatic heterocycles. The number of carbonyl (C=O) groups is 1. The van der Waals surface area contributed by atoms with E-state index in [0.717, 1.165) is 12.1 Å². The highest BCUT2D eigenvalue weighted by Crippen LogP contribution is 2.30. The fourth-order valence-corrected chi connectivity index (χ4v) is 5.49. The Labute approximate surface area is 209 Å². The summed E-state index contributed by atoms with van der Waals surface area (Å²) in [5.41, 5.74) is 3.10. The second-order valence-electron chi connectivity index (χ2n) is 9.21. The summed E-state index contributed by atoms with van der Waals surface area (Å²) in [6.07, 6.45) is 6.41. The lowest BCUT2D eigenvalue weighted by molar-refractivity contribution is -0.384. The summed E-state index contributed by atoms with van der Waals surface area (Å²) < 4.78 is 1.88. The molecule has 1 aliphatic carbocycles. The van der Waals surface area contributed by atoms with Crippen LogP contribution in [0.1, 0.15) is 68.4 Å². The number of rotatable bonds is 10. The summed E-state index contributed by atoms with van der Waals surface area (Å²) in [7, 11) is 0. The number of nitrogens with zero attached hydrogens (tertiary/aromatic N) is 4. The normalized spacial score (nSPS) is 14.7. The molecule has 1 unspecified atom stereocenters. The molecule has 1 heterocycles. The zero-order chi connectivity index (χ0) is 24.8. The maximum atomic E-state index is 12.7. The van der Waals surface area contributed by atoms with Crippen molar-refractivity contribution in [1.82, 2.24) is 20.1 Å². The predicted octanol–water partition coefficient (Wildman–Crippen LogP) is 5.92. The van der Waals surface area contributed by atoms with Gasteiger partial charge in [-0.2, -0.15) is 0 Å². The van der Waals surface area contributed by atoms with Crippen molar-refractivity contribution in [3.05, 3.63) is 75.6 Å². The van der Waals surface area contributed by atoms with Crippen LogP contribution in [0, 0.1) is 23.0 Å². The van der Waals surface area contributed by atoms with Crippen LogP contribution < -0.4 is 5.32 Å². The molecule has 1 aliphatic rings. The van der Waals surface area contributed by atoms with Crippen LogP contribution >= 0.6 is 11.8 Å². The van der Waals surface area contributed by atoms with Crippen LogP contribution in [0.4, 0.5) is 5.69 Å². The molecule has 1 atom stereocenters. The molecular weight excluding hydrogens is 462 g/mol. The van der Waals surface area contributed by atoms with Gasteiger partial charge in [-0.05, 0) is 43.9 Å². The van der Waals surface area contributed by atoms with E-state index in [-0.39, 0.29) is 17.6 Å². The number of carbonyl (C=O) groups excluding carboxylic acids is 1. The Morgan fingerprint density at radius 3 is 2.63 bits per heavy atom. The van der Waals surface area contributed by atoms with Gasteiger partial charge in [-0.1, -0.05) is 67.3 Å². The van der Waals surface area contributed by atoms with Gasteiger partial charge in [0.15, 0.2) is 11.0 Å². The summed E-state index contributed by atoms with van der Waals surface area (Å²) in [6, 6.07) is 14.3. The van der Waals surface area contributed by atoms with Gasteiger partial charge in [-0.15, -0.1) is 10.2 Å². The van der Waals surface area contributed by atoms with Crippen molar-refractivity contribution < 1.29 is 9.72 Å². The number of amides is 1. The molecule has 0 radical (unpaired) electrons. The fraction of sp³-hybridized carbons (Fsp3) is 0.423. The van der Waals surface area contributed by atoms with E-state index in [0.29, 0.717) is 29.1 Å². The molecular formula is C26H31N5O3S. The number of nitrogens with one attached hydrogen (secondary N) is 1. The molecule has 1 N–H and O–H groups in total. The number of aryl methyl sites for hydroxylation is 1. The maximum absolute atomic E-state index is 12.7. The lowest BCUT2D eigenvalue weighted by atomic mass is 10.0. The van der Waals surface area contributed by atoms with Crippen molar-refractivity contribution in [3.8, 4) is 5.69 Å². The van der Waals surface area contributed by atoms with E-state index in [9.17, 15) is 14.9 Å². The van der Waals surface area contributed by atoms with Crippen molar-refractivity contribution >= 4 is 23.4 Å². The van der Waals surface area contributed by atoms with E-state index in [1.807, 2.05) is 17.6 Å². The van der Waals surface area contributed by atoms with Crippen LogP contribution in [0.15, 0.2) is 53.7 Å². The third-order valence-electron chi connectivity index (χ3n) is 6.45. The molecule has 1 aromatic heterocycles. The zero-order valence-electron chi connectivity index (χ0n) is 20.1. The molecule has 2 aromatic carbocycles. The first-order valence-electron chi connectivity index (χ1n) is 12.1. The van der Waals surface area contributed by atoms with E-state index in [1.54, 1.807) is 23.9 Å². The Hall–Kier alpha value is -3.20. The monoisotopic (exact) mass is 493 g/mol. The first kappa shape index (κ1) is 24.9. The predicted molar refractivity (Wildman–Crippen MR) is 137 cm³/mol. The highest BCUT2D eigenvalue weighted by atomic mass is 32.2. The summed E-state index contributed by atoms with van der Waals surface area (Å²) in [6.45, 7) is 3.96. The molecule has 4 rings (SSSR count). The number of nitro groups is 1. The van der Waals surface area contributed by atoms with Crippen LogP contribution in [0.5, 0.6) is 0 Å². The molecule has 1 saturated carbocycles. The summed E-state index contributed by atoms with van der Waals surface area (Å²) in [4.78, 5) is 23.4. The quantitative estimate of drug-likeness (QED) is 0.213. The molecule has 35 heavy (non-hydrogen) atoms. The van der Waals surface area contributed by atoms with Crippen molar-refractivity contribution in [2.24, 2.45) is 5.92 Å². The number of thioether (sulfide) groups is 1. The molecule has 1 amide bonds. The number of benzene rings is 2. The van der Waals surface area contributed by atoms with E-state index in [2.05, 4.69) is 40.6 Å². The summed E-state index contributed by atoms with van der Waals surface area (Å²) in [5, 5.41) is 23.7. The van der Waals surface area contributed by atoms with Crippen LogP contribution in [0.25, 0.3) is 5.69 Å². The van der Waals surface area contributed by atoms with E-state index in [1.165, 1.54) is 48.9 Å². The lowest BCUT2D eigenvalue weighted by Crippen LogP contribution is -2.28. The number of nitro benzene ring substituents is 1. The SMILES string of the molecule is Cc1cccc(CSc2nnc(C(C)NC(=O)CCC3CCCC3)n2-c2ccc([N+](=O)[O-])cc2)c1. The van der Waals surface area contributed by atoms with E-state index >= 15 is 0 Å². The molecule has 0 bridgehead atoms. The number of aromatic nitrogens is 3. The van der Waals surface area contributed by atoms with Crippen LogP contribution in [-0.2, 0) is 10.5 Å². The molecule has 0 spiro atoms. The fourth-order valence-electron chi connectivity index (χ4n) is 4.58. The molecule has 8 nitrogen and oxygen atoms in total. The van der Waals surface area contributed by atoms with Gasteiger partial charge in [-0.25, -0.2) is 0 Å². The first-order valence-corrected chi connectivity index (χ1v) is 13.1. The highest BCUT2D eigenvalue weighted by Gasteiger charge is 2.23. The Bertz CT molecular complexity index is 1170. The lowest BCUT2D eigenvalue weighted by Gasteiger charge is -2.17. The minimum Gasteiger partial charge on any atom is -0.346 e. The second-order valence-corrected chi connectivity index (χ2v) is 10.1. The van der Waals surface area contributed by atoms with E-state index in [4.69, 9.17) is 0 Å². The smallest absolute Gasteiger partial charge is 0.269 e. The Balaban J connectivity index is 1.54. The van der Waals surface area contributed by atoms with E-state index < -0.39 is 4.92 Å². The van der Waals surface area contributed by atoms with Crippen molar-refractivity contribution in [2.75, 3.05) is 0 Å². The first-order chi connectivity index (χ1) is 16.9. The summed E-state index contributed by atoms with van der Waals surface area (Å²) >= 11 is 1.54. The van der Waals surface area contributed by atoms with Gasteiger partial charge in [0.05, 0.1) is 11.0 Å². The molecule has 1 fully saturated rings. The van der Waals surface area contributed by atoms with Gasteiger partial charge >= 0.3 is 0 Å². The van der Waals surface area contributed by atoms with Gasteiger partial charge in [0.25, 0.3) is 5.69 Å². The minimum absolute atomic E-state index is 0.0108.